The topological polar surface area (TPSA) is 29.3 Å². The molecule has 2 heteroatoms. The highest BCUT2D eigenvalue weighted by Gasteiger charge is 2.42. The van der Waals surface area contributed by atoms with Crippen LogP contribution in [0.3, 0.4) is 0 Å². The maximum atomic E-state index is 5.63. The molecule has 1 heterocycles. The summed E-state index contributed by atoms with van der Waals surface area (Å²) in [5, 5.41) is 0. The predicted molar refractivity (Wildman–Crippen MR) is 62.3 cm³/mol. The molecule has 84 valence electrons. The predicted octanol–water partition coefficient (Wildman–Crippen LogP) is 2.23. The van der Waals surface area contributed by atoms with Gasteiger partial charge in [-0.3, -0.25) is 4.90 Å². The lowest BCUT2D eigenvalue weighted by atomic mass is 9.93. The molecule has 0 saturated carbocycles. The second-order valence-electron chi connectivity index (χ2n) is 6.24. The van der Waals surface area contributed by atoms with Crippen LogP contribution in [0.1, 0.15) is 47.5 Å². The Bertz CT molecular complexity index is 191. The highest BCUT2D eigenvalue weighted by Crippen LogP contribution is 2.38. The number of likely N-dealkylation sites (tertiary alicyclic amines) is 1. The van der Waals surface area contributed by atoms with E-state index in [0.717, 1.165) is 12.5 Å². The van der Waals surface area contributed by atoms with E-state index in [4.69, 9.17) is 5.73 Å². The molecule has 0 aromatic carbocycles. The van der Waals surface area contributed by atoms with E-state index in [1.807, 2.05) is 0 Å². The van der Waals surface area contributed by atoms with E-state index in [1.54, 1.807) is 0 Å². The summed E-state index contributed by atoms with van der Waals surface area (Å²) in [6.45, 7) is 13.7. The Morgan fingerprint density at radius 3 is 2.29 bits per heavy atom. The van der Waals surface area contributed by atoms with Gasteiger partial charge >= 0.3 is 0 Å². The van der Waals surface area contributed by atoms with Gasteiger partial charge in [0.25, 0.3) is 0 Å². The summed E-state index contributed by atoms with van der Waals surface area (Å²) in [5.41, 5.74) is 6.26. The van der Waals surface area contributed by atoms with Crippen LogP contribution in [0.4, 0.5) is 0 Å². The van der Waals surface area contributed by atoms with Crippen molar-refractivity contribution in [2.45, 2.75) is 58.5 Å². The highest BCUT2D eigenvalue weighted by molar-refractivity contribution is 4.98. The monoisotopic (exact) mass is 198 g/mol. The fourth-order valence-corrected chi connectivity index (χ4v) is 3.00. The first-order valence-electron chi connectivity index (χ1n) is 5.75. The van der Waals surface area contributed by atoms with Crippen LogP contribution in [-0.2, 0) is 0 Å². The molecule has 1 rings (SSSR count). The van der Waals surface area contributed by atoms with Crippen LogP contribution in [0.2, 0.25) is 0 Å². The van der Waals surface area contributed by atoms with Crippen LogP contribution in [0.15, 0.2) is 0 Å². The van der Waals surface area contributed by atoms with Gasteiger partial charge in [0, 0.05) is 17.6 Å². The summed E-state index contributed by atoms with van der Waals surface area (Å²) in [4.78, 5) is 2.63. The minimum atomic E-state index is 0.285. The van der Waals surface area contributed by atoms with Crippen molar-refractivity contribution in [1.82, 2.24) is 4.90 Å². The van der Waals surface area contributed by atoms with Gasteiger partial charge in [0.2, 0.25) is 0 Å². The molecule has 0 aliphatic carbocycles. The zero-order valence-electron chi connectivity index (χ0n) is 10.4. The molecule has 1 saturated heterocycles. The second kappa shape index (κ2) is 3.82. The molecule has 0 spiro atoms. The number of hydrogen-bond donors (Lipinski definition) is 1. The Morgan fingerprint density at radius 1 is 1.36 bits per heavy atom. The summed E-state index contributed by atoms with van der Waals surface area (Å²) in [6.07, 6.45) is 2.47. The first-order chi connectivity index (χ1) is 6.27. The maximum Gasteiger partial charge on any atom is 0.0161 e. The number of hydrogen-bond acceptors (Lipinski definition) is 2. The average Bonchev–Trinajstić information content (AvgIpc) is 2.25. The molecule has 2 N–H and O–H groups in total. The average molecular weight is 198 g/mol. The van der Waals surface area contributed by atoms with Crippen molar-refractivity contribution >= 4 is 0 Å². The van der Waals surface area contributed by atoms with Gasteiger partial charge in [-0.05, 0) is 59.9 Å². The molecule has 0 aromatic rings. The first-order valence-corrected chi connectivity index (χ1v) is 5.75. The fourth-order valence-electron chi connectivity index (χ4n) is 3.00. The lowest BCUT2D eigenvalue weighted by Crippen LogP contribution is -2.50. The van der Waals surface area contributed by atoms with Crippen LogP contribution in [0.5, 0.6) is 0 Å². The third-order valence-corrected chi connectivity index (χ3v) is 3.34. The zero-order chi connectivity index (χ0) is 11.0. The van der Waals surface area contributed by atoms with Crippen molar-refractivity contribution in [3.8, 4) is 0 Å². The van der Waals surface area contributed by atoms with E-state index >= 15 is 0 Å². The molecule has 1 fully saturated rings. The molecule has 1 unspecified atom stereocenters. The van der Waals surface area contributed by atoms with Crippen LogP contribution in [0, 0.1) is 5.92 Å². The lowest BCUT2D eigenvalue weighted by Gasteiger charge is -2.42. The smallest absolute Gasteiger partial charge is 0.0161 e. The van der Waals surface area contributed by atoms with Gasteiger partial charge in [-0.2, -0.15) is 0 Å². The van der Waals surface area contributed by atoms with Gasteiger partial charge in [-0.25, -0.2) is 0 Å². The van der Waals surface area contributed by atoms with Crippen molar-refractivity contribution in [2.24, 2.45) is 11.7 Å². The SMILES string of the molecule is CC(C)(C)N1CC(CCN)CC1(C)C. The van der Waals surface area contributed by atoms with E-state index < -0.39 is 0 Å². The van der Waals surface area contributed by atoms with Gasteiger partial charge in [0.1, 0.15) is 0 Å². The van der Waals surface area contributed by atoms with Crippen molar-refractivity contribution in [3.63, 3.8) is 0 Å². The molecule has 0 aromatic heterocycles. The van der Waals surface area contributed by atoms with Crippen molar-refractivity contribution in [3.05, 3.63) is 0 Å². The molecule has 14 heavy (non-hydrogen) atoms. The standard InChI is InChI=1S/C12H26N2/c1-11(2,3)14-9-10(6-7-13)8-12(14,4)5/h10H,6-9,13H2,1-5H3. The zero-order valence-corrected chi connectivity index (χ0v) is 10.4. The van der Waals surface area contributed by atoms with Crippen molar-refractivity contribution < 1.29 is 0 Å². The lowest BCUT2D eigenvalue weighted by molar-refractivity contribution is 0.0670. The van der Waals surface area contributed by atoms with Gasteiger partial charge < -0.3 is 5.73 Å². The molecule has 0 radical (unpaired) electrons. The minimum absolute atomic E-state index is 0.285. The largest absolute Gasteiger partial charge is 0.330 e. The molecular weight excluding hydrogens is 172 g/mol. The Balaban J connectivity index is 2.69. The Hall–Kier alpha value is -0.0800. The summed E-state index contributed by atoms with van der Waals surface area (Å²) in [6, 6.07) is 0. The van der Waals surface area contributed by atoms with Crippen LogP contribution in [-0.4, -0.2) is 29.1 Å². The molecular formula is C12H26N2. The third-order valence-electron chi connectivity index (χ3n) is 3.34. The number of nitrogens with two attached hydrogens (primary N) is 1. The van der Waals surface area contributed by atoms with Gasteiger partial charge in [-0.15, -0.1) is 0 Å². The maximum absolute atomic E-state index is 5.63. The fraction of sp³-hybridized carbons (Fsp3) is 1.00. The molecule has 0 bridgehead atoms. The summed E-state index contributed by atoms with van der Waals surface area (Å²) in [5.74, 6) is 0.800. The quantitative estimate of drug-likeness (QED) is 0.737. The molecule has 0 amide bonds. The summed E-state index contributed by atoms with van der Waals surface area (Å²) >= 11 is 0. The summed E-state index contributed by atoms with van der Waals surface area (Å²) in [7, 11) is 0. The molecule has 1 atom stereocenters. The minimum Gasteiger partial charge on any atom is -0.330 e. The molecule has 1 aliphatic heterocycles. The van der Waals surface area contributed by atoms with E-state index in [-0.39, 0.29) is 5.54 Å². The highest BCUT2D eigenvalue weighted by atomic mass is 15.3. The van der Waals surface area contributed by atoms with Crippen LogP contribution < -0.4 is 5.73 Å². The van der Waals surface area contributed by atoms with Crippen molar-refractivity contribution in [1.29, 1.82) is 0 Å². The number of rotatable bonds is 2. The van der Waals surface area contributed by atoms with Crippen LogP contribution in [0.25, 0.3) is 0 Å². The van der Waals surface area contributed by atoms with Gasteiger partial charge in [0.15, 0.2) is 0 Å². The van der Waals surface area contributed by atoms with E-state index in [0.29, 0.717) is 5.54 Å². The Labute approximate surface area is 88.8 Å². The van der Waals surface area contributed by atoms with Gasteiger partial charge in [0.05, 0.1) is 0 Å². The Morgan fingerprint density at radius 2 is 1.93 bits per heavy atom. The van der Waals surface area contributed by atoms with Gasteiger partial charge in [-0.1, -0.05) is 0 Å². The van der Waals surface area contributed by atoms with E-state index in [1.165, 1.54) is 19.4 Å². The summed E-state index contributed by atoms with van der Waals surface area (Å²) < 4.78 is 0. The second-order valence-corrected chi connectivity index (χ2v) is 6.24. The van der Waals surface area contributed by atoms with E-state index in [9.17, 15) is 0 Å². The van der Waals surface area contributed by atoms with Crippen LogP contribution >= 0.6 is 0 Å². The Kier molecular flexibility index (Phi) is 3.27. The normalized spacial score (nSPS) is 28.3. The molecule has 1 aliphatic rings. The third kappa shape index (κ3) is 2.48. The number of nitrogens with zero attached hydrogens (tertiary/aromatic N) is 1. The molecule has 2 nitrogen and oxygen atoms in total. The first kappa shape index (κ1) is 12.0. The van der Waals surface area contributed by atoms with Crippen molar-refractivity contribution in [2.75, 3.05) is 13.1 Å². The van der Waals surface area contributed by atoms with E-state index in [2.05, 4.69) is 39.5 Å².